The molecule has 7 rings (SSSR count). The molecule has 0 radical (unpaired) electrons. The Morgan fingerprint density at radius 3 is 2.64 bits per heavy atom. The summed E-state index contributed by atoms with van der Waals surface area (Å²) in [5.74, 6) is 1.04. The first kappa shape index (κ1) is 33.3. The van der Waals surface area contributed by atoms with Gasteiger partial charge in [0.25, 0.3) is 0 Å². The molecule has 0 aromatic carbocycles. The van der Waals surface area contributed by atoms with Crippen molar-refractivity contribution in [3.63, 3.8) is 0 Å². The first-order valence-electron chi connectivity index (χ1n) is 16.5. The van der Waals surface area contributed by atoms with Crippen molar-refractivity contribution in [1.29, 1.82) is 0 Å². The zero-order valence-corrected chi connectivity index (χ0v) is 29.5. The third-order valence-electron chi connectivity index (χ3n) is 9.43. The van der Waals surface area contributed by atoms with Gasteiger partial charge in [0.15, 0.2) is 5.78 Å². The number of likely N-dealkylation sites (tertiary alicyclic amines) is 1. The number of nitrogens with zero attached hydrogens (tertiary/aromatic N) is 9. The molecule has 1 saturated heterocycles. The van der Waals surface area contributed by atoms with E-state index in [4.69, 9.17) is 4.42 Å². The summed E-state index contributed by atoms with van der Waals surface area (Å²) in [6, 6.07) is 4.41. The maximum absolute atomic E-state index is 14.1. The average Bonchev–Trinajstić information content (AvgIpc) is 3.37. The van der Waals surface area contributed by atoms with Gasteiger partial charge in [-0.05, 0) is 54.2 Å². The highest BCUT2D eigenvalue weighted by Crippen LogP contribution is 2.60. The Morgan fingerprint density at radius 2 is 1.90 bits per heavy atom. The summed E-state index contributed by atoms with van der Waals surface area (Å²) in [6.07, 6.45) is 10.8. The number of piperidine rings is 1. The zero-order chi connectivity index (χ0) is 35.2. The van der Waals surface area contributed by atoms with Gasteiger partial charge in [0, 0.05) is 53.7 Å². The molecule has 50 heavy (non-hydrogen) atoms. The number of hydrogen-bond donors (Lipinski definition) is 1. The van der Waals surface area contributed by atoms with Crippen LogP contribution in [0, 0.1) is 12.3 Å². The molecule has 5 aromatic rings. The van der Waals surface area contributed by atoms with Gasteiger partial charge >= 0.3 is 0 Å². The van der Waals surface area contributed by atoms with E-state index in [1.807, 2.05) is 12.1 Å². The SMILES string of the molecule is C=C[C@@]12C[C@@H](C(=O)Nc3nc(Br)ccc3Cc3nnc(CCCC)o3)N(C(=O)Cn3nc(C(C)=O)c4cc(-c5cnc(C)nc5)ncc43)[C@@H]1C2. The van der Waals surface area contributed by atoms with E-state index in [9.17, 15) is 14.4 Å². The maximum atomic E-state index is 14.1. The molecule has 6 heterocycles. The summed E-state index contributed by atoms with van der Waals surface area (Å²) in [5, 5.41) is 16.4. The van der Waals surface area contributed by atoms with Crippen LogP contribution in [-0.2, 0) is 29.0 Å². The Hall–Kier alpha value is -5.18. The van der Waals surface area contributed by atoms with Crippen molar-refractivity contribution in [3.8, 4) is 11.3 Å². The lowest BCUT2D eigenvalue weighted by atomic mass is 9.99. The fraction of sp³-hybridized carbons (Fsp3) is 0.371. The van der Waals surface area contributed by atoms with E-state index in [0.717, 1.165) is 12.8 Å². The molecule has 1 saturated carbocycles. The lowest BCUT2D eigenvalue weighted by Gasteiger charge is -2.27. The number of nitrogens with one attached hydrogen (secondary N) is 1. The minimum Gasteiger partial charge on any atom is -0.425 e. The minimum absolute atomic E-state index is 0.182. The second-order valence-corrected chi connectivity index (χ2v) is 13.7. The molecule has 0 bridgehead atoms. The van der Waals surface area contributed by atoms with Crippen LogP contribution in [0.3, 0.4) is 0 Å². The Kier molecular flexibility index (Phi) is 8.84. The standard InChI is InChI=1S/C35H35BrN10O4/c1-5-7-8-29-42-43-30(50-29)11-21-9-10-28(36)40-33(21)41-34(49)25-13-35(6-2)14-27(35)46(25)31(48)18-45-26-17-39-24(22-15-37-20(4)38-16-22)12-23(26)32(44-45)19(3)47/h6,9-10,12,15-17,25,27H,2,5,7-8,11,13-14,18H2,1,3-4H3,(H,40,41,49)/t25-,27+,35-/m0/s1. The van der Waals surface area contributed by atoms with Crippen molar-refractivity contribution >= 4 is 50.2 Å². The van der Waals surface area contributed by atoms with Crippen LogP contribution in [0.15, 0.2) is 58.5 Å². The van der Waals surface area contributed by atoms with E-state index >= 15 is 0 Å². The maximum Gasteiger partial charge on any atom is 0.248 e. The minimum atomic E-state index is -0.780. The Morgan fingerprint density at radius 1 is 1.12 bits per heavy atom. The number of Topliss-reactive ketones (excluding diaryl/α,β-unsaturated/α-hetero) is 1. The van der Waals surface area contributed by atoms with Crippen molar-refractivity contribution in [2.75, 3.05) is 5.32 Å². The molecule has 1 N–H and O–H groups in total. The summed E-state index contributed by atoms with van der Waals surface area (Å²) in [5.41, 5.74) is 2.34. The van der Waals surface area contributed by atoms with Crippen LogP contribution in [0.5, 0.6) is 0 Å². The fourth-order valence-corrected chi connectivity index (χ4v) is 6.96. The molecule has 256 valence electrons. The second kappa shape index (κ2) is 13.3. The molecule has 2 fully saturated rings. The van der Waals surface area contributed by atoms with Gasteiger partial charge in [-0.2, -0.15) is 5.10 Å². The van der Waals surface area contributed by atoms with E-state index in [2.05, 4.69) is 70.0 Å². The van der Waals surface area contributed by atoms with Crippen LogP contribution < -0.4 is 5.32 Å². The summed E-state index contributed by atoms with van der Waals surface area (Å²) in [6.45, 7) is 9.15. The van der Waals surface area contributed by atoms with Crippen LogP contribution in [0.4, 0.5) is 5.82 Å². The molecular formula is C35H35BrN10O4. The van der Waals surface area contributed by atoms with Crippen LogP contribution in [0.2, 0.25) is 0 Å². The summed E-state index contributed by atoms with van der Waals surface area (Å²) in [7, 11) is 0. The molecule has 0 spiro atoms. The lowest BCUT2D eigenvalue weighted by Crippen LogP contribution is -2.47. The van der Waals surface area contributed by atoms with Gasteiger partial charge in [-0.15, -0.1) is 16.8 Å². The predicted molar refractivity (Wildman–Crippen MR) is 186 cm³/mol. The van der Waals surface area contributed by atoms with Gasteiger partial charge in [-0.25, -0.2) is 15.0 Å². The number of aromatic nitrogens is 8. The number of halogens is 1. The number of carbonyl (C=O) groups excluding carboxylic acids is 3. The number of amides is 2. The highest BCUT2D eigenvalue weighted by Gasteiger charge is 2.65. The largest absolute Gasteiger partial charge is 0.425 e. The van der Waals surface area contributed by atoms with Gasteiger partial charge in [0.1, 0.15) is 34.5 Å². The normalized spacial score (nSPS) is 19.4. The van der Waals surface area contributed by atoms with Crippen molar-refractivity contribution in [3.05, 3.63) is 82.9 Å². The number of fused-ring (bicyclic) bond motifs is 2. The molecular weight excluding hydrogens is 704 g/mol. The van der Waals surface area contributed by atoms with E-state index in [-0.39, 0.29) is 47.7 Å². The van der Waals surface area contributed by atoms with Crippen LogP contribution in [-0.4, -0.2) is 74.5 Å². The highest BCUT2D eigenvalue weighted by molar-refractivity contribution is 9.10. The van der Waals surface area contributed by atoms with Crippen molar-refractivity contribution in [2.45, 2.75) is 77.9 Å². The highest BCUT2D eigenvalue weighted by atomic mass is 79.9. The number of carbonyl (C=O) groups is 3. The lowest BCUT2D eigenvalue weighted by molar-refractivity contribution is -0.138. The van der Waals surface area contributed by atoms with Crippen LogP contribution in [0.1, 0.15) is 73.2 Å². The van der Waals surface area contributed by atoms with Gasteiger partial charge in [0.2, 0.25) is 23.6 Å². The number of anilines is 1. The van der Waals surface area contributed by atoms with Crippen molar-refractivity contribution in [2.24, 2.45) is 5.41 Å². The molecule has 3 atom stereocenters. The molecule has 5 aromatic heterocycles. The molecule has 2 aliphatic rings. The first-order chi connectivity index (χ1) is 24.1. The number of unbranched alkanes of at least 4 members (excludes halogenated alkanes) is 1. The number of rotatable bonds is 12. The monoisotopic (exact) mass is 738 g/mol. The third kappa shape index (κ3) is 6.32. The first-order valence-corrected chi connectivity index (χ1v) is 17.3. The van der Waals surface area contributed by atoms with E-state index < -0.39 is 6.04 Å². The number of ketones is 1. The molecule has 14 nitrogen and oxygen atoms in total. The van der Waals surface area contributed by atoms with Crippen molar-refractivity contribution < 1.29 is 18.8 Å². The third-order valence-corrected chi connectivity index (χ3v) is 9.87. The van der Waals surface area contributed by atoms with Gasteiger partial charge in [-0.3, -0.25) is 24.0 Å². The summed E-state index contributed by atoms with van der Waals surface area (Å²) < 4.78 is 7.85. The smallest absolute Gasteiger partial charge is 0.248 e. The second-order valence-electron chi connectivity index (χ2n) is 12.8. The van der Waals surface area contributed by atoms with Gasteiger partial charge < -0.3 is 14.6 Å². The fourth-order valence-electron chi connectivity index (χ4n) is 6.65. The number of pyridine rings is 2. The zero-order valence-electron chi connectivity index (χ0n) is 27.9. The van der Waals surface area contributed by atoms with E-state index in [1.165, 1.54) is 11.6 Å². The van der Waals surface area contributed by atoms with E-state index in [1.54, 1.807) is 42.5 Å². The summed E-state index contributed by atoms with van der Waals surface area (Å²) >= 11 is 3.41. The molecule has 1 aliphatic carbocycles. The van der Waals surface area contributed by atoms with E-state index in [0.29, 0.717) is 75.0 Å². The Labute approximate surface area is 296 Å². The van der Waals surface area contributed by atoms with Crippen LogP contribution in [0.25, 0.3) is 22.2 Å². The molecule has 2 amide bonds. The topological polar surface area (TPSA) is 175 Å². The quantitative estimate of drug-likeness (QED) is 0.103. The molecule has 0 unspecified atom stereocenters. The number of aryl methyl sites for hydroxylation is 2. The molecule has 1 aliphatic heterocycles. The predicted octanol–water partition coefficient (Wildman–Crippen LogP) is 5.06. The van der Waals surface area contributed by atoms with Crippen LogP contribution >= 0.6 is 15.9 Å². The van der Waals surface area contributed by atoms with Gasteiger partial charge in [0.05, 0.1) is 23.8 Å². The molecule has 15 heteroatoms. The number of hydrogen-bond acceptors (Lipinski definition) is 11. The average molecular weight is 740 g/mol. The Bertz CT molecular complexity index is 2140. The van der Waals surface area contributed by atoms with Gasteiger partial charge in [-0.1, -0.05) is 25.5 Å². The van der Waals surface area contributed by atoms with Crippen molar-refractivity contribution in [1.82, 2.24) is 44.8 Å². The summed E-state index contributed by atoms with van der Waals surface area (Å²) in [4.78, 5) is 60.0. The Balaban J connectivity index is 1.14.